The summed E-state index contributed by atoms with van der Waals surface area (Å²) in [7, 11) is 0. The number of aryl methyl sites for hydroxylation is 1. The van der Waals surface area contributed by atoms with E-state index in [1.54, 1.807) is 23.1 Å². The van der Waals surface area contributed by atoms with Crippen LogP contribution < -0.4 is 10.2 Å². The van der Waals surface area contributed by atoms with Crippen LogP contribution in [0.5, 0.6) is 0 Å². The second-order valence-corrected chi connectivity index (χ2v) is 10.6. The first-order chi connectivity index (χ1) is 16.7. The number of fused-ring (bicyclic) bond motifs is 1. The lowest BCUT2D eigenvalue weighted by Gasteiger charge is -2.32. The molecule has 3 aromatic heterocycles. The molecular weight excluding hydrogens is 464 g/mol. The molecule has 1 amide bonds. The molecule has 0 saturated carbocycles. The molecule has 0 radical (unpaired) electrons. The van der Waals surface area contributed by atoms with E-state index in [0.29, 0.717) is 6.54 Å². The maximum absolute atomic E-state index is 13.0. The van der Waals surface area contributed by atoms with Crippen LogP contribution in [0.2, 0.25) is 0 Å². The maximum Gasteiger partial charge on any atom is 0.229 e. The molecule has 2 aliphatic heterocycles. The van der Waals surface area contributed by atoms with Crippen molar-refractivity contribution in [3.05, 3.63) is 60.1 Å². The number of anilines is 2. The van der Waals surface area contributed by atoms with Gasteiger partial charge in [-0.25, -0.2) is 4.98 Å². The zero-order chi connectivity index (χ0) is 22.9. The van der Waals surface area contributed by atoms with Crippen molar-refractivity contribution in [1.82, 2.24) is 19.7 Å². The van der Waals surface area contributed by atoms with Gasteiger partial charge in [-0.3, -0.25) is 4.79 Å². The average Bonchev–Trinajstić information content (AvgIpc) is 3.63. The highest BCUT2D eigenvalue weighted by Gasteiger charge is 2.27. The molecular formula is C25H24N6OS2. The molecule has 5 heterocycles. The molecule has 1 N–H and O–H groups in total. The number of nitrogens with zero attached hydrogens (tertiary/aromatic N) is 5. The predicted octanol–water partition coefficient (Wildman–Crippen LogP) is 5.03. The number of carbonyl (C=O) groups excluding carboxylic acids is 1. The van der Waals surface area contributed by atoms with E-state index in [0.717, 1.165) is 70.2 Å². The first-order valence-corrected chi connectivity index (χ1v) is 13.3. The summed E-state index contributed by atoms with van der Waals surface area (Å²) in [5.74, 6) is 1.89. The lowest BCUT2D eigenvalue weighted by molar-refractivity contribution is -0.120. The van der Waals surface area contributed by atoms with E-state index in [2.05, 4.69) is 31.2 Å². The van der Waals surface area contributed by atoms with Crippen molar-refractivity contribution in [2.75, 3.05) is 29.1 Å². The molecule has 1 atom stereocenters. The summed E-state index contributed by atoms with van der Waals surface area (Å²) < 4.78 is 2.20. The van der Waals surface area contributed by atoms with E-state index in [9.17, 15) is 4.79 Å². The largest absolute Gasteiger partial charge is 0.354 e. The highest BCUT2D eigenvalue weighted by molar-refractivity contribution is 7.99. The van der Waals surface area contributed by atoms with Crippen LogP contribution in [0, 0.1) is 5.92 Å². The number of carbonyl (C=O) groups is 1. The minimum absolute atomic E-state index is 0.0537. The van der Waals surface area contributed by atoms with Gasteiger partial charge in [-0.05, 0) is 48.6 Å². The summed E-state index contributed by atoms with van der Waals surface area (Å²) in [5.41, 5.74) is 3.74. The number of hydrogen-bond donors (Lipinski definition) is 1. The van der Waals surface area contributed by atoms with E-state index in [1.165, 1.54) is 0 Å². The van der Waals surface area contributed by atoms with Crippen LogP contribution >= 0.6 is 23.1 Å². The van der Waals surface area contributed by atoms with Gasteiger partial charge < -0.3 is 14.8 Å². The van der Waals surface area contributed by atoms with E-state index in [1.807, 2.05) is 53.9 Å². The fraction of sp³-hybridized carbons (Fsp3) is 0.280. The highest BCUT2D eigenvalue weighted by atomic mass is 32.2. The maximum atomic E-state index is 13.0. The van der Waals surface area contributed by atoms with Crippen LogP contribution in [0.25, 0.3) is 21.8 Å². The molecule has 1 unspecified atom stereocenters. The third-order valence-electron chi connectivity index (χ3n) is 6.29. The summed E-state index contributed by atoms with van der Waals surface area (Å²) in [5, 5.41) is 15.0. The van der Waals surface area contributed by atoms with Crippen molar-refractivity contribution in [2.24, 2.45) is 5.92 Å². The second-order valence-electron chi connectivity index (χ2n) is 8.56. The summed E-state index contributed by atoms with van der Waals surface area (Å²) in [6.07, 6.45) is 3.93. The predicted molar refractivity (Wildman–Crippen MR) is 137 cm³/mol. The van der Waals surface area contributed by atoms with E-state index in [-0.39, 0.29) is 11.8 Å². The number of piperidine rings is 1. The SMILES string of the molecule is O=C(Nc1ccc(-c2cn3c(n2)SCC3)cc1)C1CCCN(c2ccc(-c3cccs3)nn2)C1. The molecule has 0 spiro atoms. The number of rotatable bonds is 5. The van der Waals surface area contributed by atoms with E-state index in [4.69, 9.17) is 4.98 Å². The number of aromatic nitrogens is 4. The van der Waals surface area contributed by atoms with Gasteiger partial charge in [0.05, 0.1) is 16.5 Å². The van der Waals surface area contributed by atoms with Gasteiger partial charge in [-0.15, -0.1) is 21.5 Å². The minimum atomic E-state index is -0.0830. The van der Waals surface area contributed by atoms with E-state index >= 15 is 0 Å². The minimum Gasteiger partial charge on any atom is -0.354 e. The van der Waals surface area contributed by atoms with Crippen molar-refractivity contribution < 1.29 is 4.79 Å². The lowest BCUT2D eigenvalue weighted by atomic mass is 9.97. The second kappa shape index (κ2) is 9.23. The first kappa shape index (κ1) is 21.4. The molecule has 4 aromatic rings. The summed E-state index contributed by atoms with van der Waals surface area (Å²) in [6, 6.07) is 16.0. The Morgan fingerprint density at radius 3 is 2.71 bits per heavy atom. The zero-order valence-electron chi connectivity index (χ0n) is 18.6. The van der Waals surface area contributed by atoms with Gasteiger partial charge in [0, 0.05) is 42.8 Å². The Hall–Kier alpha value is -3.17. The van der Waals surface area contributed by atoms with Crippen molar-refractivity contribution in [2.45, 2.75) is 24.5 Å². The smallest absolute Gasteiger partial charge is 0.229 e. The Labute approximate surface area is 206 Å². The van der Waals surface area contributed by atoms with Gasteiger partial charge in [-0.2, -0.15) is 0 Å². The average molecular weight is 489 g/mol. The fourth-order valence-electron chi connectivity index (χ4n) is 4.47. The van der Waals surface area contributed by atoms with Crippen molar-refractivity contribution in [1.29, 1.82) is 0 Å². The molecule has 1 saturated heterocycles. The van der Waals surface area contributed by atoms with Crippen LogP contribution in [-0.2, 0) is 11.3 Å². The monoisotopic (exact) mass is 488 g/mol. The van der Waals surface area contributed by atoms with Gasteiger partial charge in [0.1, 0.15) is 5.69 Å². The number of thioether (sulfide) groups is 1. The third-order valence-corrected chi connectivity index (χ3v) is 8.15. The molecule has 34 heavy (non-hydrogen) atoms. The third kappa shape index (κ3) is 4.33. The molecule has 6 rings (SSSR count). The normalized spacial score (nSPS) is 17.5. The number of amides is 1. The molecule has 9 heteroatoms. The quantitative estimate of drug-likeness (QED) is 0.425. The number of hydrogen-bond acceptors (Lipinski definition) is 7. The molecule has 2 aliphatic rings. The van der Waals surface area contributed by atoms with Gasteiger partial charge in [-0.1, -0.05) is 30.0 Å². The molecule has 172 valence electrons. The highest BCUT2D eigenvalue weighted by Crippen LogP contribution is 2.30. The Balaban J connectivity index is 1.09. The molecule has 1 aromatic carbocycles. The molecule has 0 bridgehead atoms. The summed E-state index contributed by atoms with van der Waals surface area (Å²) in [4.78, 5) is 21.0. The van der Waals surface area contributed by atoms with Gasteiger partial charge >= 0.3 is 0 Å². The van der Waals surface area contributed by atoms with Gasteiger partial charge in [0.2, 0.25) is 5.91 Å². The van der Waals surface area contributed by atoms with Crippen LogP contribution in [-0.4, -0.2) is 44.5 Å². The molecule has 7 nitrogen and oxygen atoms in total. The van der Waals surface area contributed by atoms with Crippen molar-refractivity contribution >= 4 is 40.5 Å². The topological polar surface area (TPSA) is 75.9 Å². The molecule has 1 fully saturated rings. The number of imidazole rings is 1. The summed E-state index contributed by atoms with van der Waals surface area (Å²) >= 11 is 3.45. The van der Waals surface area contributed by atoms with Crippen LogP contribution in [0.15, 0.2) is 65.3 Å². The number of nitrogens with one attached hydrogen (secondary N) is 1. The Kier molecular flexibility index (Phi) is 5.80. The number of thiophene rings is 1. The Bertz CT molecular complexity index is 1260. The van der Waals surface area contributed by atoms with Gasteiger partial charge in [0.15, 0.2) is 11.0 Å². The first-order valence-electron chi connectivity index (χ1n) is 11.5. The molecule has 0 aliphatic carbocycles. The van der Waals surface area contributed by atoms with Crippen LogP contribution in [0.4, 0.5) is 11.5 Å². The Morgan fingerprint density at radius 1 is 1.03 bits per heavy atom. The van der Waals surface area contributed by atoms with Crippen LogP contribution in [0.3, 0.4) is 0 Å². The fourth-order valence-corrected chi connectivity index (χ4v) is 6.10. The van der Waals surface area contributed by atoms with Crippen molar-refractivity contribution in [3.8, 4) is 21.8 Å². The van der Waals surface area contributed by atoms with Crippen molar-refractivity contribution in [3.63, 3.8) is 0 Å². The summed E-state index contributed by atoms with van der Waals surface area (Å²) in [6.45, 7) is 2.55. The Morgan fingerprint density at radius 2 is 1.94 bits per heavy atom. The van der Waals surface area contributed by atoms with Crippen LogP contribution in [0.1, 0.15) is 12.8 Å². The standard InChI is InChI=1S/C25H24N6OS2/c32-24(26-19-7-5-17(6-8-19)21-16-31-12-14-34-25(31)27-21)18-3-1-11-30(15-18)23-10-9-20(28-29-23)22-4-2-13-33-22/h2,4-10,13,16,18H,1,3,11-12,14-15H2,(H,26,32). The lowest BCUT2D eigenvalue weighted by Crippen LogP contribution is -2.41. The zero-order valence-corrected chi connectivity index (χ0v) is 20.2. The number of benzene rings is 1. The van der Waals surface area contributed by atoms with E-state index < -0.39 is 0 Å². The van der Waals surface area contributed by atoms with Gasteiger partial charge in [0.25, 0.3) is 0 Å².